The summed E-state index contributed by atoms with van der Waals surface area (Å²) >= 11 is 1.61. The summed E-state index contributed by atoms with van der Waals surface area (Å²) < 4.78 is 22.7. The Kier molecular flexibility index (Phi) is 3.79. The van der Waals surface area contributed by atoms with Crippen LogP contribution in [0, 0.1) is 0 Å². The first-order valence-corrected chi connectivity index (χ1v) is 8.01. The molecule has 1 aromatic heterocycles. The number of benzene rings is 1. The van der Waals surface area contributed by atoms with Gasteiger partial charge in [0, 0.05) is 13.6 Å². The largest absolute Gasteiger partial charge is 0.397 e. The Morgan fingerprint density at radius 2 is 2.05 bits per heavy atom. The minimum Gasteiger partial charge on any atom is -0.397 e. The van der Waals surface area contributed by atoms with Crippen molar-refractivity contribution in [2.24, 2.45) is 5.14 Å². The van der Waals surface area contributed by atoms with Crippen LogP contribution < -0.4 is 15.8 Å². The van der Waals surface area contributed by atoms with Crippen LogP contribution in [0.5, 0.6) is 0 Å². The smallest absolute Gasteiger partial charge is 0.238 e. The number of thiophene rings is 1. The Bertz CT molecular complexity index is 666. The lowest BCUT2D eigenvalue weighted by Gasteiger charge is -2.21. The molecule has 0 aliphatic carbocycles. The van der Waals surface area contributed by atoms with E-state index < -0.39 is 10.0 Å². The molecule has 1 aromatic carbocycles. The van der Waals surface area contributed by atoms with E-state index in [1.807, 2.05) is 28.8 Å². The summed E-state index contributed by atoms with van der Waals surface area (Å²) in [6.07, 6.45) is 0. The van der Waals surface area contributed by atoms with Gasteiger partial charge in [-0.3, -0.25) is 0 Å². The molecule has 0 saturated heterocycles. The molecule has 0 aliphatic rings. The third-order valence-electron chi connectivity index (χ3n) is 2.74. The van der Waals surface area contributed by atoms with Gasteiger partial charge < -0.3 is 10.6 Å². The maximum Gasteiger partial charge on any atom is 0.238 e. The van der Waals surface area contributed by atoms with E-state index >= 15 is 0 Å². The topological polar surface area (TPSA) is 89.4 Å². The molecule has 7 heteroatoms. The monoisotopic (exact) mass is 297 g/mol. The zero-order valence-corrected chi connectivity index (χ0v) is 12.0. The van der Waals surface area contributed by atoms with E-state index in [4.69, 9.17) is 10.9 Å². The van der Waals surface area contributed by atoms with Crippen LogP contribution in [0.3, 0.4) is 0 Å². The first-order chi connectivity index (χ1) is 8.88. The van der Waals surface area contributed by atoms with Crippen LogP contribution in [-0.4, -0.2) is 15.5 Å². The van der Waals surface area contributed by atoms with Crippen LogP contribution in [0.15, 0.2) is 39.9 Å². The second kappa shape index (κ2) is 5.20. The van der Waals surface area contributed by atoms with Crippen molar-refractivity contribution < 1.29 is 8.42 Å². The van der Waals surface area contributed by atoms with Crippen molar-refractivity contribution in [1.29, 1.82) is 0 Å². The second-order valence-corrected chi connectivity index (χ2v) is 6.59. The average molecular weight is 297 g/mol. The molecule has 0 radical (unpaired) electrons. The summed E-state index contributed by atoms with van der Waals surface area (Å²) in [5, 5.41) is 9.16. The Labute approximate surface area is 116 Å². The molecule has 2 rings (SSSR count). The van der Waals surface area contributed by atoms with E-state index in [0.29, 0.717) is 17.9 Å². The fraction of sp³-hybridized carbons (Fsp3) is 0.167. The number of anilines is 2. The Morgan fingerprint density at radius 1 is 1.32 bits per heavy atom. The molecule has 0 fully saturated rings. The van der Waals surface area contributed by atoms with Gasteiger partial charge in [-0.05, 0) is 40.6 Å². The molecule has 2 aromatic rings. The summed E-state index contributed by atoms with van der Waals surface area (Å²) in [6.45, 7) is 0.655. The van der Waals surface area contributed by atoms with Crippen molar-refractivity contribution in [3.63, 3.8) is 0 Å². The van der Waals surface area contributed by atoms with Crippen molar-refractivity contribution in [2.75, 3.05) is 17.7 Å². The summed E-state index contributed by atoms with van der Waals surface area (Å²) in [5.74, 6) is 0. The highest BCUT2D eigenvalue weighted by Gasteiger charge is 2.13. The Balaban J connectivity index is 2.33. The zero-order chi connectivity index (χ0) is 14.0. The maximum absolute atomic E-state index is 11.4. The fourth-order valence-corrected chi connectivity index (χ4v) is 2.97. The van der Waals surface area contributed by atoms with E-state index in [0.717, 1.165) is 5.56 Å². The highest BCUT2D eigenvalue weighted by molar-refractivity contribution is 7.89. The van der Waals surface area contributed by atoms with Gasteiger partial charge in [-0.1, -0.05) is 0 Å². The predicted molar refractivity (Wildman–Crippen MR) is 78.7 cm³/mol. The van der Waals surface area contributed by atoms with E-state index in [9.17, 15) is 8.42 Å². The fourth-order valence-electron chi connectivity index (χ4n) is 1.77. The van der Waals surface area contributed by atoms with E-state index in [2.05, 4.69) is 0 Å². The SMILES string of the molecule is CN(Cc1ccsc1)c1cc(S(N)(=O)=O)ccc1N. The number of sulfonamides is 1. The molecule has 5 nitrogen and oxygen atoms in total. The zero-order valence-electron chi connectivity index (χ0n) is 10.4. The van der Waals surface area contributed by atoms with Crippen LogP contribution in [0.25, 0.3) is 0 Å². The molecule has 0 aliphatic heterocycles. The van der Waals surface area contributed by atoms with Crippen LogP contribution >= 0.6 is 11.3 Å². The summed E-state index contributed by atoms with van der Waals surface area (Å²) in [5.41, 5.74) is 8.20. The van der Waals surface area contributed by atoms with Crippen molar-refractivity contribution in [3.05, 3.63) is 40.6 Å². The van der Waals surface area contributed by atoms with Crippen molar-refractivity contribution in [2.45, 2.75) is 11.4 Å². The van der Waals surface area contributed by atoms with Gasteiger partial charge >= 0.3 is 0 Å². The molecule has 0 atom stereocenters. The van der Waals surface area contributed by atoms with Crippen LogP contribution in [0.2, 0.25) is 0 Å². The minimum absolute atomic E-state index is 0.0638. The second-order valence-electron chi connectivity index (χ2n) is 4.25. The first kappa shape index (κ1) is 13.9. The van der Waals surface area contributed by atoms with E-state index in [-0.39, 0.29) is 4.90 Å². The average Bonchev–Trinajstić information content (AvgIpc) is 2.80. The third-order valence-corrected chi connectivity index (χ3v) is 4.38. The van der Waals surface area contributed by atoms with Gasteiger partial charge in [-0.2, -0.15) is 11.3 Å². The van der Waals surface area contributed by atoms with Gasteiger partial charge in [0.2, 0.25) is 10.0 Å². The van der Waals surface area contributed by atoms with Crippen LogP contribution in [-0.2, 0) is 16.6 Å². The van der Waals surface area contributed by atoms with Crippen LogP contribution in [0.1, 0.15) is 5.56 Å². The highest BCUT2D eigenvalue weighted by Crippen LogP contribution is 2.26. The van der Waals surface area contributed by atoms with Gasteiger partial charge in [-0.25, -0.2) is 13.6 Å². The third kappa shape index (κ3) is 3.25. The lowest BCUT2D eigenvalue weighted by atomic mass is 10.2. The molecule has 0 saturated carbocycles. The number of hydrogen-bond donors (Lipinski definition) is 2. The van der Waals surface area contributed by atoms with E-state index in [1.54, 1.807) is 17.4 Å². The number of nitrogens with zero attached hydrogens (tertiary/aromatic N) is 1. The number of nitrogens with two attached hydrogens (primary N) is 2. The van der Waals surface area contributed by atoms with Crippen LogP contribution in [0.4, 0.5) is 11.4 Å². The first-order valence-electron chi connectivity index (χ1n) is 5.52. The normalized spacial score (nSPS) is 11.5. The predicted octanol–water partition coefficient (Wildman–Crippen LogP) is 1.61. The lowest BCUT2D eigenvalue weighted by Crippen LogP contribution is -2.19. The number of hydrogen-bond acceptors (Lipinski definition) is 5. The number of nitrogen functional groups attached to an aromatic ring is 1. The summed E-state index contributed by atoms with van der Waals surface area (Å²) in [4.78, 5) is 1.96. The summed E-state index contributed by atoms with van der Waals surface area (Å²) in [6, 6.07) is 6.48. The molecule has 4 N–H and O–H groups in total. The molecule has 19 heavy (non-hydrogen) atoms. The summed E-state index contributed by atoms with van der Waals surface area (Å²) in [7, 11) is -1.86. The van der Waals surface area contributed by atoms with Crippen molar-refractivity contribution in [1.82, 2.24) is 0 Å². The highest BCUT2D eigenvalue weighted by atomic mass is 32.2. The number of rotatable bonds is 4. The van der Waals surface area contributed by atoms with Gasteiger partial charge in [0.05, 0.1) is 16.3 Å². The van der Waals surface area contributed by atoms with Gasteiger partial charge in [0.25, 0.3) is 0 Å². The number of primary sulfonamides is 1. The van der Waals surface area contributed by atoms with Crippen molar-refractivity contribution >= 4 is 32.7 Å². The van der Waals surface area contributed by atoms with Crippen molar-refractivity contribution in [3.8, 4) is 0 Å². The molecule has 0 bridgehead atoms. The Morgan fingerprint density at radius 3 is 2.63 bits per heavy atom. The molecule has 0 spiro atoms. The molecular formula is C12H15N3O2S2. The maximum atomic E-state index is 11.4. The molecule has 1 heterocycles. The molecular weight excluding hydrogens is 282 g/mol. The Hall–Kier alpha value is -1.57. The molecule has 0 amide bonds. The minimum atomic E-state index is -3.72. The standard InChI is InChI=1S/C12H15N3O2S2/c1-15(7-9-4-5-18-8-9)12-6-10(19(14,16)17)2-3-11(12)13/h2-6,8H,7,13H2,1H3,(H2,14,16,17). The van der Waals surface area contributed by atoms with Gasteiger partial charge in [0.15, 0.2) is 0 Å². The quantitative estimate of drug-likeness (QED) is 0.839. The molecule has 102 valence electrons. The molecule has 0 unspecified atom stereocenters. The van der Waals surface area contributed by atoms with E-state index in [1.165, 1.54) is 12.1 Å². The van der Waals surface area contributed by atoms with Gasteiger partial charge in [-0.15, -0.1) is 0 Å². The lowest BCUT2D eigenvalue weighted by molar-refractivity contribution is 0.598. The van der Waals surface area contributed by atoms with Gasteiger partial charge in [0.1, 0.15) is 0 Å².